The Morgan fingerprint density at radius 1 is 0.742 bits per heavy atom. The van der Waals surface area contributed by atoms with Crippen molar-refractivity contribution >= 4 is 17.7 Å². The van der Waals surface area contributed by atoms with E-state index in [0.29, 0.717) is 17.7 Å². The molecule has 0 radical (unpaired) electrons. The van der Waals surface area contributed by atoms with Crippen LogP contribution in [-0.4, -0.2) is 33.6 Å². The Balaban J connectivity index is 1.47. The Kier molecular flexibility index (Phi) is 4.66. The fraction of sp³-hybridized carbons (Fsp3) is 0.192. The van der Waals surface area contributed by atoms with Crippen LogP contribution in [0.3, 0.4) is 0 Å². The second-order valence-electron chi connectivity index (χ2n) is 8.10. The molecule has 31 heavy (non-hydrogen) atoms. The molecule has 1 saturated heterocycles. The van der Waals surface area contributed by atoms with Gasteiger partial charge in [0.05, 0.1) is 29.1 Å². The van der Waals surface area contributed by atoms with E-state index < -0.39 is 12.0 Å². The number of β-lactam (4-membered cyclic amide) rings is 1. The van der Waals surface area contributed by atoms with Gasteiger partial charge in [-0.25, -0.2) is 0 Å². The zero-order valence-corrected chi connectivity index (χ0v) is 17.1. The third-order valence-electron chi connectivity index (χ3n) is 6.33. The first-order valence-corrected chi connectivity index (χ1v) is 10.4. The molecule has 3 aromatic rings. The lowest BCUT2D eigenvalue weighted by Crippen LogP contribution is -2.61. The largest absolute Gasteiger partial charge is 0.330 e. The van der Waals surface area contributed by atoms with Crippen LogP contribution in [0.4, 0.5) is 0 Å². The lowest BCUT2D eigenvalue weighted by atomic mass is 9.77. The van der Waals surface area contributed by atoms with E-state index in [4.69, 9.17) is 0 Å². The van der Waals surface area contributed by atoms with Crippen molar-refractivity contribution in [1.82, 2.24) is 9.80 Å². The molecule has 0 aromatic heterocycles. The zero-order chi connectivity index (χ0) is 21.5. The normalized spacial score (nSPS) is 21.1. The molecule has 3 amide bonds. The number of nitrogens with zero attached hydrogens (tertiary/aromatic N) is 2. The van der Waals surface area contributed by atoms with Crippen molar-refractivity contribution in [2.45, 2.75) is 25.6 Å². The van der Waals surface area contributed by atoms with Gasteiger partial charge in [0.25, 0.3) is 11.8 Å². The predicted molar refractivity (Wildman–Crippen MR) is 116 cm³/mol. The summed E-state index contributed by atoms with van der Waals surface area (Å²) >= 11 is 0. The summed E-state index contributed by atoms with van der Waals surface area (Å²) in [6, 6.07) is 25.8. The fourth-order valence-electron chi connectivity index (χ4n) is 4.78. The van der Waals surface area contributed by atoms with Crippen molar-refractivity contribution in [2.24, 2.45) is 5.92 Å². The van der Waals surface area contributed by atoms with E-state index in [1.807, 2.05) is 65.6 Å². The van der Waals surface area contributed by atoms with Crippen LogP contribution >= 0.6 is 0 Å². The molecule has 2 aliphatic rings. The van der Waals surface area contributed by atoms with E-state index in [9.17, 15) is 14.4 Å². The average molecular weight is 410 g/mol. The molecule has 0 aliphatic carbocycles. The SMILES string of the molecule is C[C@@H]([C@H]1C(=O)N(Cc2ccccc2)[C@@H]1c1ccccc1)N1C(=O)c2ccccc2C1=O. The van der Waals surface area contributed by atoms with Gasteiger partial charge in [0.1, 0.15) is 0 Å². The number of likely N-dealkylation sites (tertiary alicyclic amines) is 1. The highest BCUT2D eigenvalue weighted by Gasteiger charge is 2.54. The van der Waals surface area contributed by atoms with Gasteiger partial charge >= 0.3 is 0 Å². The first-order chi connectivity index (χ1) is 15.1. The molecular weight excluding hydrogens is 388 g/mol. The molecule has 0 N–H and O–H groups in total. The lowest BCUT2D eigenvalue weighted by Gasteiger charge is -2.51. The summed E-state index contributed by atoms with van der Waals surface area (Å²) in [5.74, 6) is -1.17. The highest BCUT2D eigenvalue weighted by Crippen LogP contribution is 2.45. The molecule has 0 unspecified atom stereocenters. The maximum atomic E-state index is 13.3. The molecule has 5 rings (SSSR count). The van der Waals surface area contributed by atoms with Crippen LogP contribution in [0.2, 0.25) is 0 Å². The maximum Gasteiger partial charge on any atom is 0.261 e. The smallest absolute Gasteiger partial charge is 0.261 e. The number of benzene rings is 3. The second kappa shape index (κ2) is 7.51. The van der Waals surface area contributed by atoms with Crippen LogP contribution < -0.4 is 0 Å². The van der Waals surface area contributed by atoms with Gasteiger partial charge < -0.3 is 4.90 Å². The van der Waals surface area contributed by atoms with E-state index in [2.05, 4.69) is 0 Å². The molecule has 2 heterocycles. The van der Waals surface area contributed by atoms with E-state index in [-0.39, 0.29) is 23.8 Å². The Hall–Kier alpha value is -3.73. The Labute approximate surface area is 180 Å². The maximum absolute atomic E-state index is 13.3. The topological polar surface area (TPSA) is 57.7 Å². The molecule has 3 aromatic carbocycles. The Morgan fingerprint density at radius 3 is 1.84 bits per heavy atom. The van der Waals surface area contributed by atoms with Gasteiger partial charge in [-0.1, -0.05) is 72.8 Å². The average Bonchev–Trinajstić information content (AvgIpc) is 3.07. The fourth-order valence-corrected chi connectivity index (χ4v) is 4.78. The van der Waals surface area contributed by atoms with E-state index in [0.717, 1.165) is 11.1 Å². The number of rotatable bonds is 5. The van der Waals surface area contributed by atoms with Crippen molar-refractivity contribution in [3.63, 3.8) is 0 Å². The molecule has 5 heteroatoms. The van der Waals surface area contributed by atoms with Crippen molar-refractivity contribution < 1.29 is 14.4 Å². The first-order valence-electron chi connectivity index (χ1n) is 10.4. The number of imide groups is 1. The summed E-state index contributed by atoms with van der Waals surface area (Å²) in [5.41, 5.74) is 2.86. The van der Waals surface area contributed by atoms with Crippen molar-refractivity contribution in [3.8, 4) is 0 Å². The minimum absolute atomic E-state index is 0.0400. The van der Waals surface area contributed by atoms with Gasteiger partial charge in [-0.05, 0) is 30.2 Å². The number of hydrogen-bond acceptors (Lipinski definition) is 3. The number of amides is 3. The number of carbonyl (C=O) groups excluding carboxylic acids is 3. The van der Waals surface area contributed by atoms with Gasteiger partial charge in [-0.3, -0.25) is 19.3 Å². The van der Waals surface area contributed by atoms with E-state index in [1.165, 1.54) is 4.90 Å². The lowest BCUT2D eigenvalue weighted by molar-refractivity contribution is -0.161. The predicted octanol–water partition coefficient (Wildman–Crippen LogP) is 4.07. The third kappa shape index (κ3) is 3.05. The summed E-state index contributed by atoms with van der Waals surface area (Å²) in [6.45, 7) is 2.30. The van der Waals surface area contributed by atoms with Crippen LogP contribution in [0.25, 0.3) is 0 Å². The van der Waals surface area contributed by atoms with Crippen molar-refractivity contribution in [2.75, 3.05) is 0 Å². The standard InChI is InChI=1S/C26H22N2O3/c1-17(28-24(29)20-14-8-9-15-21(20)25(28)30)22-23(19-12-6-3-7-13-19)27(26(22)31)16-18-10-4-2-5-11-18/h2-15,17,22-23H,16H2,1H3/t17-,22+,23+/m0/s1. The summed E-state index contributed by atoms with van der Waals surface area (Å²) in [5, 5.41) is 0. The molecule has 0 spiro atoms. The molecule has 3 atom stereocenters. The molecular formula is C26H22N2O3. The van der Waals surface area contributed by atoms with Crippen LogP contribution in [0.1, 0.15) is 44.8 Å². The number of fused-ring (bicyclic) bond motifs is 1. The Bertz CT molecular complexity index is 1120. The summed E-state index contributed by atoms with van der Waals surface area (Å²) in [6.07, 6.45) is 0. The summed E-state index contributed by atoms with van der Waals surface area (Å²) in [4.78, 5) is 42.4. The van der Waals surface area contributed by atoms with Gasteiger partial charge in [0, 0.05) is 6.54 Å². The van der Waals surface area contributed by atoms with Crippen LogP contribution in [-0.2, 0) is 11.3 Å². The van der Waals surface area contributed by atoms with Gasteiger partial charge in [0.2, 0.25) is 5.91 Å². The molecule has 5 nitrogen and oxygen atoms in total. The van der Waals surface area contributed by atoms with E-state index >= 15 is 0 Å². The van der Waals surface area contributed by atoms with E-state index in [1.54, 1.807) is 31.2 Å². The van der Waals surface area contributed by atoms with Crippen LogP contribution in [0, 0.1) is 5.92 Å². The highest BCUT2D eigenvalue weighted by molar-refractivity contribution is 6.21. The van der Waals surface area contributed by atoms with Gasteiger partial charge in [0.15, 0.2) is 0 Å². The van der Waals surface area contributed by atoms with Gasteiger partial charge in [-0.15, -0.1) is 0 Å². The molecule has 154 valence electrons. The minimum Gasteiger partial charge on any atom is -0.330 e. The van der Waals surface area contributed by atoms with Gasteiger partial charge in [-0.2, -0.15) is 0 Å². The molecule has 0 bridgehead atoms. The zero-order valence-electron chi connectivity index (χ0n) is 17.1. The quantitative estimate of drug-likeness (QED) is 0.471. The van der Waals surface area contributed by atoms with Crippen molar-refractivity contribution in [3.05, 3.63) is 107 Å². The highest BCUT2D eigenvalue weighted by atomic mass is 16.2. The summed E-state index contributed by atoms with van der Waals surface area (Å²) in [7, 11) is 0. The Morgan fingerprint density at radius 2 is 1.26 bits per heavy atom. The monoisotopic (exact) mass is 410 g/mol. The third-order valence-corrected chi connectivity index (χ3v) is 6.33. The van der Waals surface area contributed by atoms with Crippen molar-refractivity contribution in [1.29, 1.82) is 0 Å². The number of hydrogen-bond donors (Lipinski definition) is 0. The number of carbonyl (C=O) groups is 3. The molecule has 2 aliphatic heterocycles. The molecule has 0 saturated carbocycles. The van der Waals surface area contributed by atoms with Crippen LogP contribution in [0.5, 0.6) is 0 Å². The minimum atomic E-state index is -0.544. The second-order valence-corrected chi connectivity index (χ2v) is 8.10. The first kappa shape index (κ1) is 19.2. The van der Waals surface area contributed by atoms with Crippen LogP contribution in [0.15, 0.2) is 84.9 Å². The summed E-state index contributed by atoms with van der Waals surface area (Å²) < 4.78 is 0. The molecule has 1 fully saturated rings.